The number of rotatable bonds is 9. The van der Waals surface area contributed by atoms with Crippen molar-refractivity contribution in [1.82, 2.24) is 4.57 Å². The molecule has 0 aliphatic rings. The zero-order valence-electron chi connectivity index (χ0n) is 22.2. The Hall–Kier alpha value is -3.00. The van der Waals surface area contributed by atoms with Gasteiger partial charge >= 0.3 is 0 Å². The lowest BCUT2D eigenvalue weighted by atomic mass is 9.95. The van der Waals surface area contributed by atoms with Gasteiger partial charge in [-0.2, -0.15) is 0 Å². The zero-order chi connectivity index (χ0) is 26.7. The first-order chi connectivity index (χ1) is 16.8. The minimum absolute atomic E-state index is 0.148. The molecular weight excluding hydrogens is 474 g/mol. The molecule has 2 unspecified atom stereocenters. The first kappa shape index (κ1) is 27.6. The van der Waals surface area contributed by atoms with Crippen LogP contribution < -0.4 is 4.74 Å². The maximum atomic E-state index is 12.6. The maximum Gasteiger partial charge on any atom is 0.262 e. The molecule has 0 aliphatic carbocycles. The molecule has 1 heterocycles. The smallest absolute Gasteiger partial charge is 0.262 e. The minimum Gasteiger partial charge on any atom is -0.504 e. The van der Waals surface area contributed by atoms with Gasteiger partial charge in [-0.25, -0.2) is 4.21 Å². The Balaban J connectivity index is 1.79. The Morgan fingerprint density at radius 2 is 1.78 bits per heavy atom. The number of ether oxygens (including phenoxy) is 1. The number of hydrogen-bond acceptors (Lipinski definition) is 4. The molecule has 194 valence electrons. The quantitative estimate of drug-likeness (QED) is 0.313. The summed E-state index contributed by atoms with van der Waals surface area (Å²) in [6.07, 6.45) is 6.59. The number of phenols is 1. The summed E-state index contributed by atoms with van der Waals surface area (Å²) in [5.74, 6) is 0.190. The van der Waals surface area contributed by atoms with Crippen LogP contribution in [0, 0.1) is 0 Å². The van der Waals surface area contributed by atoms with Crippen LogP contribution in [0.2, 0.25) is 0 Å². The fourth-order valence-corrected chi connectivity index (χ4v) is 5.04. The molecule has 36 heavy (non-hydrogen) atoms. The third kappa shape index (κ3) is 7.03. The molecule has 2 atom stereocenters. The predicted octanol–water partition coefficient (Wildman–Crippen LogP) is 7.01. The summed E-state index contributed by atoms with van der Waals surface area (Å²) in [6.45, 7) is 13.5. The molecule has 2 aromatic carbocycles. The third-order valence-corrected chi connectivity index (χ3v) is 7.41. The largest absolute Gasteiger partial charge is 0.504 e. The minimum atomic E-state index is -1.61. The first-order valence-corrected chi connectivity index (χ1v) is 13.4. The van der Waals surface area contributed by atoms with E-state index in [0.29, 0.717) is 12.2 Å². The van der Waals surface area contributed by atoms with E-state index in [1.54, 1.807) is 6.07 Å². The Morgan fingerprint density at radius 3 is 2.42 bits per heavy atom. The molecule has 0 saturated heterocycles. The Labute approximate surface area is 216 Å². The van der Waals surface area contributed by atoms with Gasteiger partial charge in [0.1, 0.15) is 5.60 Å². The molecule has 3 aromatic rings. The molecule has 3 rings (SSSR count). The van der Waals surface area contributed by atoms with Gasteiger partial charge in [0, 0.05) is 24.9 Å². The van der Waals surface area contributed by atoms with E-state index in [2.05, 4.69) is 40.4 Å². The number of hydrogen-bond donors (Lipinski definition) is 1. The van der Waals surface area contributed by atoms with Crippen molar-refractivity contribution in [3.05, 3.63) is 59.9 Å². The number of benzene rings is 2. The fraction of sp³-hybridized carbons (Fsp3) is 0.464. The Kier molecular flexibility index (Phi) is 8.39. The number of aryl methyl sites for hydroxylation is 1. The highest BCUT2D eigenvalue weighted by atomic mass is 32.2. The van der Waals surface area contributed by atoms with Crippen molar-refractivity contribution in [3.63, 3.8) is 0 Å². The summed E-state index contributed by atoms with van der Waals surface area (Å²) < 4.78 is 24.4. The molecule has 0 radical (unpaired) electrons. The molecule has 0 bridgehead atoms. The van der Waals surface area contributed by atoms with E-state index in [0.717, 1.165) is 34.7 Å². The summed E-state index contributed by atoms with van der Waals surface area (Å²) in [7, 11) is -1.61. The van der Waals surface area contributed by atoms with Crippen LogP contribution in [-0.2, 0) is 27.7 Å². The fourth-order valence-electron chi connectivity index (χ4n) is 4.06. The van der Waals surface area contributed by atoms with Crippen molar-refractivity contribution < 1.29 is 18.8 Å². The van der Waals surface area contributed by atoms with Gasteiger partial charge in [0.25, 0.3) is 5.91 Å². The summed E-state index contributed by atoms with van der Waals surface area (Å²) in [5.41, 5.74) is 1.47. The Morgan fingerprint density at radius 1 is 1.08 bits per heavy atom. The number of aromatic nitrogens is 1. The van der Waals surface area contributed by atoms with Crippen LogP contribution in [-0.4, -0.2) is 25.4 Å². The highest BCUT2D eigenvalue weighted by Gasteiger charge is 2.23. The number of carbonyl (C=O) groups excluding carboxylic acids is 1. The second kappa shape index (κ2) is 10.9. The normalized spacial score (nSPS) is 14.3. The maximum absolute atomic E-state index is 12.6. The molecular formula is C28H37N3O4S. The lowest BCUT2D eigenvalue weighted by Crippen LogP contribution is -2.25. The van der Waals surface area contributed by atoms with Crippen LogP contribution in [0.15, 0.2) is 58.4 Å². The molecule has 0 saturated carbocycles. The van der Waals surface area contributed by atoms with Crippen LogP contribution in [0.1, 0.15) is 77.7 Å². The lowest BCUT2D eigenvalue weighted by Gasteiger charge is -2.27. The van der Waals surface area contributed by atoms with Gasteiger partial charge < -0.3 is 14.4 Å². The second-order valence-electron chi connectivity index (χ2n) is 10.8. The van der Waals surface area contributed by atoms with E-state index in [-0.39, 0.29) is 22.1 Å². The van der Waals surface area contributed by atoms with Crippen molar-refractivity contribution in [2.45, 2.75) is 84.1 Å². The number of carbonyl (C=O) groups is 1. The van der Waals surface area contributed by atoms with E-state index >= 15 is 0 Å². The van der Waals surface area contributed by atoms with E-state index in [1.165, 1.54) is 6.92 Å². The van der Waals surface area contributed by atoms with Gasteiger partial charge in [0.2, 0.25) is 0 Å². The number of aromatic hydroxyl groups is 1. The van der Waals surface area contributed by atoms with Crippen LogP contribution in [0.3, 0.4) is 0 Å². The molecule has 0 fully saturated rings. The van der Waals surface area contributed by atoms with E-state index in [4.69, 9.17) is 4.74 Å². The molecule has 1 N–H and O–H groups in total. The van der Waals surface area contributed by atoms with Crippen LogP contribution >= 0.6 is 0 Å². The van der Waals surface area contributed by atoms with Gasteiger partial charge in [-0.1, -0.05) is 29.6 Å². The van der Waals surface area contributed by atoms with Gasteiger partial charge in [-0.3, -0.25) is 4.79 Å². The molecule has 1 aromatic heterocycles. The lowest BCUT2D eigenvalue weighted by molar-refractivity contribution is -0.116. The monoisotopic (exact) mass is 511 g/mol. The molecule has 8 heteroatoms. The highest BCUT2D eigenvalue weighted by Crippen LogP contribution is 2.33. The summed E-state index contributed by atoms with van der Waals surface area (Å²) in [4.78, 5) is 11.1. The highest BCUT2D eigenvalue weighted by molar-refractivity contribution is 7.83. The van der Waals surface area contributed by atoms with E-state index in [1.807, 2.05) is 58.0 Å². The average Bonchev–Trinajstić information content (AvgIpc) is 3.22. The van der Waals surface area contributed by atoms with Gasteiger partial charge in [0.15, 0.2) is 22.5 Å². The SMILES string of the molecule is CCC(c1ccc2cn(C(C)(C)CCc3ccc(O)c(OC(C)(C)C)c3)cc2c1)S(=O)N=NC(C)=O. The number of amides is 1. The summed E-state index contributed by atoms with van der Waals surface area (Å²) >= 11 is 0. The third-order valence-electron chi connectivity index (χ3n) is 6.08. The van der Waals surface area contributed by atoms with Gasteiger partial charge in [0.05, 0.1) is 5.25 Å². The van der Waals surface area contributed by atoms with E-state index < -0.39 is 16.9 Å². The number of phenolic OH excluding ortho intramolecular Hbond substituents is 1. The first-order valence-electron chi connectivity index (χ1n) is 12.2. The van der Waals surface area contributed by atoms with Crippen LogP contribution in [0.4, 0.5) is 0 Å². The average molecular weight is 512 g/mol. The van der Waals surface area contributed by atoms with Gasteiger partial charge in [-0.15, -0.1) is 5.11 Å². The predicted molar refractivity (Wildman–Crippen MR) is 145 cm³/mol. The molecule has 0 spiro atoms. The van der Waals surface area contributed by atoms with Crippen molar-refractivity contribution >= 4 is 27.7 Å². The van der Waals surface area contributed by atoms with E-state index in [9.17, 15) is 14.1 Å². The Bertz CT molecular complexity index is 1290. The standard InChI is InChI=1S/C28H37N3O4S/c1-8-26(36(34)30-29-19(2)32)21-10-11-22-17-31(18-23(22)16-21)28(6,7)14-13-20-9-12-24(33)25(15-20)35-27(3,4)5/h9-12,15-18,26,33H,8,13-14H2,1-7H3. The van der Waals surface area contributed by atoms with Crippen molar-refractivity contribution in [2.24, 2.45) is 9.63 Å². The van der Waals surface area contributed by atoms with Crippen molar-refractivity contribution in [3.8, 4) is 11.5 Å². The zero-order valence-corrected chi connectivity index (χ0v) is 23.1. The number of nitrogens with zero attached hydrogens (tertiary/aromatic N) is 3. The molecule has 1 amide bonds. The van der Waals surface area contributed by atoms with Crippen molar-refractivity contribution in [1.29, 1.82) is 0 Å². The summed E-state index contributed by atoms with van der Waals surface area (Å²) in [6, 6.07) is 11.6. The van der Waals surface area contributed by atoms with Crippen LogP contribution in [0.25, 0.3) is 10.8 Å². The second-order valence-corrected chi connectivity index (χ2v) is 12.0. The molecule has 0 aliphatic heterocycles. The number of fused-ring (bicyclic) bond motifs is 1. The van der Waals surface area contributed by atoms with Crippen LogP contribution in [0.5, 0.6) is 11.5 Å². The van der Waals surface area contributed by atoms with Crippen molar-refractivity contribution in [2.75, 3.05) is 0 Å². The van der Waals surface area contributed by atoms with Gasteiger partial charge in [-0.05, 0) is 94.0 Å². The topological polar surface area (TPSA) is 93.2 Å². The summed E-state index contributed by atoms with van der Waals surface area (Å²) in [5, 5.41) is 15.5. The molecule has 7 nitrogen and oxygen atoms in total.